The number of rotatable bonds is 5. The fourth-order valence-electron chi connectivity index (χ4n) is 2.25. The van der Waals surface area contributed by atoms with Crippen LogP contribution in [0, 0.1) is 5.82 Å². The average Bonchev–Trinajstić information content (AvgIpc) is 2.48. The van der Waals surface area contributed by atoms with Crippen molar-refractivity contribution in [2.75, 3.05) is 11.8 Å². The highest BCUT2D eigenvalue weighted by Gasteiger charge is 2.33. The van der Waals surface area contributed by atoms with Gasteiger partial charge in [-0.15, -0.1) is 23.2 Å². The topological polar surface area (TPSA) is 0 Å². The Morgan fingerprint density at radius 1 is 0.900 bits per heavy atom. The minimum Gasteiger partial charge on any atom is -0.207 e. The summed E-state index contributed by atoms with van der Waals surface area (Å²) in [5, 5.41) is 0.669. The summed E-state index contributed by atoms with van der Waals surface area (Å²) < 4.78 is 14.1. The molecule has 20 heavy (non-hydrogen) atoms. The van der Waals surface area contributed by atoms with Gasteiger partial charge in [0.2, 0.25) is 0 Å². The highest BCUT2D eigenvalue weighted by molar-refractivity contribution is 6.30. The first-order chi connectivity index (χ1) is 9.61. The van der Waals surface area contributed by atoms with Crippen LogP contribution in [-0.2, 0) is 11.8 Å². The van der Waals surface area contributed by atoms with Crippen molar-refractivity contribution in [3.05, 3.63) is 70.5 Å². The zero-order chi connectivity index (χ0) is 14.6. The fourth-order valence-corrected chi connectivity index (χ4v) is 3.14. The molecule has 0 nitrogen and oxygen atoms in total. The Balaban J connectivity index is 2.39. The molecule has 0 unspecified atom stereocenters. The molecule has 0 aliphatic carbocycles. The molecule has 0 saturated heterocycles. The van der Waals surface area contributed by atoms with E-state index >= 15 is 0 Å². The molecule has 0 heterocycles. The van der Waals surface area contributed by atoms with Gasteiger partial charge in [0, 0.05) is 22.2 Å². The van der Waals surface area contributed by atoms with Gasteiger partial charge in [-0.1, -0.05) is 41.9 Å². The second-order valence-corrected chi connectivity index (χ2v) is 5.80. The van der Waals surface area contributed by atoms with E-state index < -0.39 is 5.41 Å². The molecular weight excluding hydrogens is 318 g/mol. The second-order valence-electron chi connectivity index (χ2n) is 4.83. The number of benzene rings is 2. The summed E-state index contributed by atoms with van der Waals surface area (Å²) in [5.41, 5.74) is 0.960. The van der Waals surface area contributed by atoms with Crippen LogP contribution in [0.15, 0.2) is 48.5 Å². The average molecular weight is 332 g/mol. The van der Waals surface area contributed by atoms with Crippen LogP contribution in [0.25, 0.3) is 0 Å². The number of alkyl halides is 2. The summed E-state index contributed by atoms with van der Waals surface area (Å²) >= 11 is 18.2. The first kappa shape index (κ1) is 15.6. The molecule has 2 rings (SSSR count). The lowest BCUT2D eigenvalue weighted by Gasteiger charge is -2.30. The van der Waals surface area contributed by atoms with Gasteiger partial charge in [-0.2, -0.15) is 0 Å². The Kier molecular flexibility index (Phi) is 5.31. The van der Waals surface area contributed by atoms with E-state index in [1.54, 1.807) is 18.2 Å². The maximum Gasteiger partial charge on any atom is 0.127 e. The Morgan fingerprint density at radius 2 is 1.50 bits per heavy atom. The smallest absolute Gasteiger partial charge is 0.127 e. The van der Waals surface area contributed by atoms with Crippen molar-refractivity contribution in [3.8, 4) is 0 Å². The quantitative estimate of drug-likeness (QED) is 0.640. The Labute approximate surface area is 133 Å². The third-order valence-corrected chi connectivity index (χ3v) is 4.69. The highest BCUT2D eigenvalue weighted by atomic mass is 35.5. The molecule has 2 aromatic rings. The third-order valence-electron chi connectivity index (χ3n) is 3.41. The van der Waals surface area contributed by atoms with E-state index in [4.69, 9.17) is 34.8 Å². The van der Waals surface area contributed by atoms with Gasteiger partial charge in [0.05, 0.1) is 0 Å². The highest BCUT2D eigenvalue weighted by Crippen LogP contribution is 2.33. The zero-order valence-corrected chi connectivity index (χ0v) is 13.0. The standard InChI is InChI=1S/C16H14Cl3F/c17-10-16(11-18,14-3-1-2-4-15(14)20)9-12-5-7-13(19)8-6-12/h1-8H,9-11H2. The predicted octanol–water partition coefficient (Wildman–Crippen LogP) is 5.44. The van der Waals surface area contributed by atoms with Gasteiger partial charge in [0.15, 0.2) is 0 Å². The SMILES string of the molecule is Fc1ccccc1C(CCl)(CCl)Cc1ccc(Cl)cc1. The van der Waals surface area contributed by atoms with E-state index in [2.05, 4.69) is 0 Å². The Bertz CT molecular complexity index is 562. The van der Waals surface area contributed by atoms with Gasteiger partial charge < -0.3 is 0 Å². The third kappa shape index (κ3) is 3.28. The van der Waals surface area contributed by atoms with Crippen molar-refractivity contribution in [1.29, 1.82) is 0 Å². The Hall–Kier alpha value is -0.760. The molecule has 0 aliphatic rings. The Morgan fingerprint density at radius 3 is 2.05 bits per heavy atom. The second kappa shape index (κ2) is 6.80. The van der Waals surface area contributed by atoms with Crippen LogP contribution >= 0.6 is 34.8 Å². The van der Waals surface area contributed by atoms with Gasteiger partial charge in [-0.25, -0.2) is 4.39 Å². The predicted molar refractivity (Wildman–Crippen MR) is 84.7 cm³/mol. The molecule has 0 aromatic heterocycles. The number of hydrogen-bond acceptors (Lipinski definition) is 0. The maximum absolute atomic E-state index is 14.1. The van der Waals surface area contributed by atoms with Crippen LogP contribution in [0.1, 0.15) is 11.1 Å². The van der Waals surface area contributed by atoms with Crippen LogP contribution in [0.3, 0.4) is 0 Å². The molecule has 0 N–H and O–H groups in total. The molecule has 106 valence electrons. The van der Waals surface area contributed by atoms with E-state index in [1.807, 2.05) is 24.3 Å². The molecular formula is C16H14Cl3F. The van der Waals surface area contributed by atoms with E-state index in [1.165, 1.54) is 6.07 Å². The van der Waals surface area contributed by atoms with Crippen LogP contribution in [0.5, 0.6) is 0 Å². The molecule has 0 bridgehead atoms. The first-order valence-electron chi connectivity index (χ1n) is 6.23. The lowest BCUT2D eigenvalue weighted by Crippen LogP contribution is -2.34. The molecule has 2 aromatic carbocycles. The van der Waals surface area contributed by atoms with Gasteiger partial charge in [-0.3, -0.25) is 0 Å². The van der Waals surface area contributed by atoms with Gasteiger partial charge >= 0.3 is 0 Å². The summed E-state index contributed by atoms with van der Waals surface area (Å²) in [5.74, 6) is 0.225. The summed E-state index contributed by atoms with van der Waals surface area (Å²) in [4.78, 5) is 0. The molecule has 0 aliphatic heterocycles. The van der Waals surface area contributed by atoms with Crippen molar-refractivity contribution in [3.63, 3.8) is 0 Å². The van der Waals surface area contributed by atoms with Gasteiger partial charge in [0.25, 0.3) is 0 Å². The van der Waals surface area contributed by atoms with Crippen LogP contribution in [0.4, 0.5) is 4.39 Å². The minimum absolute atomic E-state index is 0.250. The van der Waals surface area contributed by atoms with Crippen molar-refractivity contribution < 1.29 is 4.39 Å². The summed E-state index contributed by atoms with van der Waals surface area (Å²) in [6.45, 7) is 0. The summed E-state index contributed by atoms with van der Waals surface area (Å²) in [6.07, 6.45) is 0.568. The van der Waals surface area contributed by atoms with Crippen molar-refractivity contribution in [2.45, 2.75) is 11.8 Å². The van der Waals surface area contributed by atoms with E-state index in [0.29, 0.717) is 17.0 Å². The molecule has 0 radical (unpaired) electrons. The first-order valence-corrected chi connectivity index (χ1v) is 7.67. The normalized spacial score (nSPS) is 11.6. The fraction of sp³-hybridized carbons (Fsp3) is 0.250. The lowest BCUT2D eigenvalue weighted by atomic mass is 9.78. The molecule has 0 spiro atoms. The van der Waals surface area contributed by atoms with E-state index in [-0.39, 0.29) is 17.6 Å². The largest absolute Gasteiger partial charge is 0.207 e. The number of hydrogen-bond donors (Lipinski definition) is 0. The van der Waals surface area contributed by atoms with Crippen LogP contribution < -0.4 is 0 Å². The molecule has 0 amide bonds. The maximum atomic E-state index is 14.1. The van der Waals surface area contributed by atoms with Crippen molar-refractivity contribution in [1.82, 2.24) is 0 Å². The summed E-state index contributed by atoms with van der Waals surface area (Å²) in [7, 11) is 0. The molecule has 0 fully saturated rings. The molecule has 0 atom stereocenters. The molecule has 4 heteroatoms. The lowest BCUT2D eigenvalue weighted by molar-refractivity contribution is 0.491. The monoisotopic (exact) mass is 330 g/mol. The van der Waals surface area contributed by atoms with Crippen LogP contribution in [-0.4, -0.2) is 11.8 Å². The zero-order valence-electron chi connectivity index (χ0n) is 10.8. The van der Waals surface area contributed by atoms with Gasteiger partial charge in [-0.05, 0) is 35.7 Å². The van der Waals surface area contributed by atoms with Crippen molar-refractivity contribution in [2.24, 2.45) is 0 Å². The van der Waals surface area contributed by atoms with E-state index in [9.17, 15) is 4.39 Å². The molecule has 0 saturated carbocycles. The van der Waals surface area contributed by atoms with Gasteiger partial charge in [0.1, 0.15) is 5.82 Å². The summed E-state index contributed by atoms with van der Waals surface area (Å²) in [6, 6.07) is 14.1. The van der Waals surface area contributed by atoms with E-state index in [0.717, 1.165) is 5.56 Å². The van der Waals surface area contributed by atoms with Crippen molar-refractivity contribution >= 4 is 34.8 Å². The van der Waals surface area contributed by atoms with Crippen LogP contribution in [0.2, 0.25) is 5.02 Å². The number of halogens is 4. The minimum atomic E-state index is -0.623.